The van der Waals surface area contributed by atoms with Crippen molar-refractivity contribution in [3.05, 3.63) is 35.5 Å². The highest BCUT2D eigenvalue weighted by Gasteiger charge is 2.82. The Balaban J connectivity index is 2.73. The lowest BCUT2D eigenvalue weighted by Crippen LogP contribution is -2.59. The van der Waals surface area contributed by atoms with Crippen molar-refractivity contribution in [2.45, 2.75) is 30.4 Å². The van der Waals surface area contributed by atoms with E-state index in [1.54, 1.807) is 4.98 Å². The number of H-pyrrole nitrogens is 1. The zero-order chi connectivity index (χ0) is 20.8. The molecule has 0 saturated heterocycles. The topological polar surface area (TPSA) is 42.1 Å². The Morgan fingerprint density at radius 2 is 1.52 bits per heavy atom. The summed E-state index contributed by atoms with van der Waals surface area (Å²) in [7, 11) is 0.849. The van der Waals surface area contributed by atoms with E-state index in [9.17, 15) is 44.3 Å². The predicted molar refractivity (Wildman–Crippen MR) is 73.9 cm³/mol. The maximum Gasteiger partial charge on any atom is 0.460 e. The van der Waals surface area contributed by atoms with Crippen molar-refractivity contribution in [2.75, 3.05) is 7.11 Å². The first kappa shape index (κ1) is 20.9. The molecule has 12 heteroatoms. The first-order valence-corrected chi connectivity index (χ1v) is 7.05. The smallest absolute Gasteiger partial charge is 0.460 e. The highest BCUT2D eigenvalue weighted by Crippen LogP contribution is 2.57. The van der Waals surface area contributed by atoms with Gasteiger partial charge < -0.3 is 9.72 Å². The van der Waals surface area contributed by atoms with E-state index >= 15 is 0 Å². The van der Waals surface area contributed by atoms with Crippen molar-refractivity contribution >= 4 is 16.9 Å². The number of hydrogen-bond acceptors (Lipinski definition) is 2. The van der Waals surface area contributed by atoms with Crippen LogP contribution in [-0.2, 0) is 21.9 Å². The van der Waals surface area contributed by atoms with Crippen LogP contribution in [0.25, 0.3) is 10.9 Å². The number of methoxy groups -OCH3 is 1. The van der Waals surface area contributed by atoms with Crippen LogP contribution in [0.1, 0.15) is 11.3 Å². The number of hydrogen-bond donors (Lipinski definition) is 1. The molecule has 0 aliphatic heterocycles. The fourth-order valence-corrected chi connectivity index (χ4v) is 2.40. The van der Waals surface area contributed by atoms with Gasteiger partial charge in [-0.15, -0.1) is 0 Å². The maximum atomic E-state index is 14.3. The fourth-order valence-electron chi connectivity index (χ4n) is 2.40. The summed E-state index contributed by atoms with van der Waals surface area (Å²) in [5.74, 6) is -21.1. The molecule has 0 atom stereocenters. The van der Waals surface area contributed by atoms with E-state index in [1.165, 1.54) is 12.1 Å². The number of rotatable bonds is 5. The van der Waals surface area contributed by atoms with Crippen LogP contribution < -0.4 is 0 Å². The van der Waals surface area contributed by atoms with E-state index in [-0.39, 0.29) is 10.9 Å². The molecule has 150 valence electrons. The van der Waals surface area contributed by atoms with Gasteiger partial charge in [-0.3, -0.25) is 4.79 Å². The maximum absolute atomic E-state index is 14.3. The minimum Gasteiger partial charge on any atom is -0.469 e. The van der Waals surface area contributed by atoms with Crippen molar-refractivity contribution in [3.8, 4) is 0 Å². The number of esters is 1. The summed E-state index contributed by atoms with van der Waals surface area (Å²) in [6.07, 6.45) is -7.99. The van der Waals surface area contributed by atoms with Gasteiger partial charge in [0.2, 0.25) is 0 Å². The number of ether oxygens (including phenoxy) is 1. The molecule has 1 heterocycles. The van der Waals surface area contributed by atoms with Crippen molar-refractivity contribution in [1.82, 2.24) is 4.98 Å². The molecule has 0 saturated carbocycles. The van der Waals surface area contributed by atoms with Crippen LogP contribution in [0.3, 0.4) is 0 Å². The lowest BCUT2D eigenvalue weighted by molar-refractivity contribution is -0.400. The third-order valence-corrected chi connectivity index (χ3v) is 3.82. The first-order valence-electron chi connectivity index (χ1n) is 7.05. The molecule has 2 rings (SSSR count). The highest BCUT2D eigenvalue weighted by molar-refractivity contribution is 5.89. The Kier molecular flexibility index (Phi) is 4.91. The molecule has 0 unspecified atom stereocenters. The van der Waals surface area contributed by atoms with Crippen molar-refractivity contribution < 1.29 is 49.0 Å². The molecule has 0 bridgehead atoms. The molecule has 1 aromatic heterocycles. The lowest BCUT2D eigenvalue weighted by Gasteiger charge is -2.33. The number of nitrogens with one attached hydrogen (secondary N) is 1. The molecule has 0 aliphatic rings. The second kappa shape index (κ2) is 6.34. The molecule has 27 heavy (non-hydrogen) atoms. The number of fused-ring (bicyclic) bond motifs is 1. The number of alkyl halides is 9. The summed E-state index contributed by atoms with van der Waals surface area (Å²) in [5.41, 5.74) is -3.07. The van der Waals surface area contributed by atoms with Crippen LogP contribution >= 0.6 is 0 Å². The Bertz CT molecular complexity index is 855. The Morgan fingerprint density at radius 3 is 2.04 bits per heavy atom. The van der Waals surface area contributed by atoms with Crippen LogP contribution in [0.15, 0.2) is 24.3 Å². The fraction of sp³-hybridized carbons (Fsp3) is 0.400. The summed E-state index contributed by atoms with van der Waals surface area (Å²) in [5, 5.41) is -0.233. The Morgan fingerprint density at radius 1 is 0.963 bits per heavy atom. The van der Waals surface area contributed by atoms with Crippen LogP contribution in [0, 0.1) is 0 Å². The van der Waals surface area contributed by atoms with Crippen LogP contribution in [-0.4, -0.2) is 36.1 Å². The van der Waals surface area contributed by atoms with Gasteiger partial charge in [-0.25, -0.2) is 0 Å². The number of carbonyl (C=O) groups is 1. The molecule has 1 aromatic carbocycles. The average Bonchev–Trinajstić information content (AvgIpc) is 2.92. The predicted octanol–water partition coefficient (Wildman–Crippen LogP) is 4.81. The summed E-state index contributed by atoms with van der Waals surface area (Å²) < 4.78 is 123. The number of para-hydroxylation sites is 1. The normalized spacial score (nSPS) is 13.9. The standard InChI is InChI=1S/C15H10F9NO2/c1-27-10(26)6-8-7-4-2-3-5-9(7)25-11(8)12(16,17)13(18,19)14(20,21)15(22,23)24/h2-5,25H,6H2,1H3. The van der Waals surface area contributed by atoms with Gasteiger partial charge in [0, 0.05) is 10.9 Å². The molecule has 0 fully saturated rings. The minimum absolute atomic E-state index is 0.233. The largest absolute Gasteiger partial charge is 0.469 e. The number of aromatic nitrogens is 1. The molecule has 2 aromatic rings. The summed E-state index contributed by atoms with van der Waals surface area (Å²) in [6, 6.07) is 4.73. The summed E-state index contributed by atoms with van der Waals surface area (Å²) in [4.78, 5) is 13.1. The molecule has 0 aliphatic carbocycles. The van der Waals surface area contributed by atoms with Gasteiger partial charge in [0.1, 0.15) is 0 Å². The number of benzene rings is 1. The van der Waals surface area contributed by atoms with Gasteiger partial charge in [-0.05, 0) is 11.6 Å². The lowest BCUT2D eigenvalue weighted by atomic mass is 9.96. The van der Waals surface area contributed by atoms with Gasteiger partial charge >= 0.3 is 29.9 Å². The number of halogens is 9. The van der Waals surface area contributed by atoms with Gasteiger partial charge in [0.15, 0.2) is 0 Å². The Labute approximate surface area is 145 Å². The summed E-state index contributed by atoms with van der Waals surface area (Å²) >= 11 is 0. The van der Waals surface area contributed by atoms with E-state index in [2.05, 4.69) is 4.74 Å². The van der Waals surface area contributed by atoms with Crippen LogP contribution in [0.2, 0.25) is 0 Å². The number of aromatic amines is 1. The van der Waals surface area contributed by atoms with Crippen LogP contribution in [0.4, 0.5) is 39.5 Å². The second-order valence-electron chi connectivity index (χ2n) is 5.50. The van der Waals surface area contributed by atoms with Gasteiger partial charge in [0.05, 0.1) is 19.2 Å². The van der Waals surface area contributed by atoms with E-state index in [4.69, 9.17) is 0 Å². The van der Waals surface area contributed by atoms with Crippen LogP contribution in [0.5, 0.6) is 0 Å². The second-order valence-corrected chi connectivity index (χ2v) is 5.50. The van der Waals surface area contributed by atoms with Crippen molar-refractivity contribution in [1.29, 1.82) is 0 Å². The van der Waals surface area contributed by atoms with Gasteiger partial charge in [-0.2, -0.15) is 39.5 Å². The molecular weight excluding hydrogens is 397 g/mol. The van der Waals surface area contributed by atoms with E-state index in [0.717, 1.165) is 19.2 Å². The Hall–Kier alpha value is -2.40. The summed E-state index contributed by atoms with van der Waals surface area (Å²) in [6.45, 7) is 0. The van der Waals surface area contributed by atoms with E-state index in [1.807, 2.05) is 0 Å². The zero-order valence-corrected chi connectivity index (χ0v) is 13.2. The molecule has 0 radical (unpaired) electrons. The highest BCUT2D eigenvalue weighted by atomic mass is 19.4. The SMILES string of the molecule is COC(=O)Cc1c(C(F)(F)C(F)(F)C(F)(F)C(F)(F)F)[nH]c2ccccc12. The quantitative estimate of drug-likeness (QED) is 0.571. The monoisotopic (exact) mass is 407 g/mol. The van der Waals surface area contributed by atoms with Crippen molar-refractivity contribution in [3.63, 3.8) is 0 Å². The molecule has 1 N–H and O–H groups in total. The molecule has 3 nitrogen and oxygen atoms in total. The van der Waals surface area contributed by atoms with Gasteiger partial charge in [-0.1, -0.05) is 18.2 Å². The molecule has 0 amide bonds. The van der Waals surface area contributed by atoms with E-state index < -0.39 is 47.6 Å². The third-order valence-electron chi connectivity index (χ3n) is 3.82. The van der Waals surface area contributed by atoms with Gasteiger partial charge in [0.25, 0.3) is 0 Å². The first-order chi connectivity index (χ1) is 12.2. The van der Waals surface area contributed by atoms with Crippen molar-refractivity contribution in [2.24, 2.45) is 0 Å². The minimum atomic E-state index is -7.04. The van der Waals surface area contributed by atoms with E-state index in [0.29, 0.717) is 0 Å². The third kappa shape index (κ3) is 3.10. The average molecular weight is 407 g/mol. The number of carbonyl (C=O) groups excluding carboxylic acids is 1. The molecule has 0 spiro atoms. The molecular formula is C15H10F9NO2. The zero-order valence-electron chi connectivity index (χ0n) is 13.2.